The highest BCUT2D eigenvalue weighted by Gasteiger charge is 2.09. The summed E-state index contributed by atoms with van der Waals surface area (Å²) in [6.45, 7) is 5.06. The number of carbonyl (C=O) groups is 1. The number of carbonyl (C=O) groups excluding carboxylic acids is 1. The van der Waals surface area contributed by atoms with Crippen LogP contribution in [-0.2, 0) is 0 Å². The zero-order chi connectivity index (χ0) is 15.8. The van der Waals surface area contributed by atoms with E-state index < -0.39 is 0 Å². The first kappa shape index (κ1) is 17.5. The Morgan fingerprint density at radius 2 is 2.00 bits per heavy atom. The third-order valence-corrected chi connectivity index (χ3v) is 3.46. The molecule has 0 saturated heterocycles. The highest BCUT2D eigenvalue weighted by atomic mass is 16.2. The lowest BCUT2D eigenvalue weighted by molar-refractivity contribution is 0.247. The van der Waals surface area contributed by atoms with E-state index in [1.807, 2.05) is 52.3 Å². The quantitative estimate of drug-likeness (QED) is 0.723. The van der Waals surface area contributed by atoms with Gasteiger partial charge in [-0.05, 0) is 65.7 Å². The van der Waals surface area contributed by atoms with Crippen molar-refractivity contribution in [1.82, 2.24) is 15.5 Å². The molecule has 1 aromatic carbocycles. The molecule has 2 amide bonds. The lowest BCUT2D eigenvalue weighted by Gasteiger charge is -2.17. The Bertz CT molecular complexity index is 448. The van der Waals surface area contributed by atoms with Crippen molar-refractivity contribution in [2.75, 3.05) is 33.0 Å². The summed E-state index contributed by atoms with van der Waals surface area (Å²) in [4.78, 5) is 14.1. The zero-order valence-corrected chi connectivity index (χ0v) is 13.7. The van der Waals surface area contributed by atoms with Crippen LogP contribution in [0, 0.1) is 0 Å². The molecular formula is C16H28N4O. The number of nitrogens with one attached hydrogen (secondary N) is 3. The van der Waals surface area contributed by atoms with Crippen LogP contribution in [0.25, 0.3) is 0 Å². The number of hydrogen-bond donors (Lipinski definition) is 3. The summed E-state index contributed by atoms with van der Waals surface area (Å²) in [6, 6.07) is 8.13. The van der Waals surface area contributed by atoms with Gasteiger partial charge in [0, 0.05) is 17.8 Å². The molecule has 0 spiro atoms. The van der Waals surface area contributed by atoms with Gasteiger partial charge in [0.05, 0.1) is 0 Å². The van der Waals surface area contributed by atoms with Crippen LogP contribution >= 0.6 is 0 Å². The lowest BCUT2D eigenvalue weighted by Crippen LogP contribution is -2.37. The zero-order valence-electron chi connectivity index (χ0n) is 13.7. The van der Waals surface area contributed by atoms with Gasteiger partial charge in [0.15, 0.2) is 0 Å². The molecule has 0 aliphatic rings. The number of rotatable bonds is 7. The van der Waals surface area contributed by atoms with Crippen molar-refractivity contribution in [2.24, 2.45) is 0 Å². The smallest absolute Gasteiger partial charge is 0.319 e. The Hall–Kier alpha value is -1.59. The third kappa shape index (κ3) is 6.60. The fourth-order valence-corrected chi connectivity index (χ4v) is 1.97. The number of nitrogens with zero attached hydrogens (tertiary/aromatic N) is 1. The van der Waals surface area contributed by atoms with Crippen molar-refractivity contribution >= 4 is 11.7 Å². The fraction of sp³-hybridized carbons (Fsp3) is 0.562. The molecule has 0 aromatic heterocycles. The highest BCUT2D eigenvalue weighted by molar-refractivity contribution is 5.89. The second-order valence-corrected chi connectivity index (χ2v) is 5.73. The van der Waals surface area contributed by atoms with Gasteiger partial charge in [-0.3, -0.25) is 0 Å². The molecule has 3 N–H and O–H groups in total. The molecule has 0 fully saturated rings. The number of benzene rings is 1. The molecule has 0 saturated carbocycles. The largest absolute Gasteiger partial charge is 0.335 e. The third-order valence-electron chi connectivity index (χ3n) is 3.46. The molecule has 1 rings (SSSR count). The van der Waals surface area contributed by atoms with Crippen LogP contribution < -0.4 is 16.0 Å². The highest BCUT2D eigenvalue weighted by Crippen LogP contribution is 2.16. The maximum absolute atomic E-state index is 12.0. The number of amides is 2. The molecule has 0 aliphatic carbocycles. The van der Waals surface area contributed by atoms with Crippen LogP contribution in [0.5, 0.6) is 0 Å². The summed E-state index contributed by atoms with van der Waals surface area (Å²) in [5.74, 6) is 0. The second kappa shape index (κ2) is 8.64. The predicted molar refractivity (Wildman–Crippen MR) is 88.7 cm³/mol. The molecule has 118 valence electrons. The van der Waals surface area contributed by atoms with E-state index in [1.54, 1.807) is 0 Å². The standard InChI is InChI=1S/C16H28N4O/c1-12(9-10-20(4)5)18-16(21)19-15-8-6-7-14(11-15)13(2)17-3/h6-8,11-13,17H,9-10H2,1-5H3,(H2,18,19,21). The van der Waals surface area contributed by atoms with E-state index in [4.69, 9.17) is 0 Å². The molecule has 2 atom stereocenters. The summed E-state index contributed by atoms with van der Waals surface area (Å²) >= 11 is 0. The van der Waals surface area contributed by atoms with Gasteiger partial charge >= 0.3 is 6.03 Å². The van der Waals surface area contributed by atoms with Crippen molar-refractivity contribution in [3.63, 3.8) is 0 Å². The van der Waals surface area contributed by atoms with Crippen molar-refractivity contribution in [2.45, 2.75) is 32.4 Å². The van der Waals surface area contributed by atoms with Crippen LogP contribution in [0.1, 0.15) is 31.9 Å². The maximum atomic E-state index is 12.0. The Balaban J connectivity index is 2.51. The van der Waals surface area contributed by atoms with E-state index in [-0.39, 0.29) is 18.1 Å². The topological polar surface area (TPSA) is 56.4 Å². The summed E-state index contributed by atoms with van der Waals surface area (Å²) in [5.41, 5.74) is 1.96. The van der Waals surface area contributed by atoms with Gasteiger partial charge in [0.1, 0.15) is 0 Å². The van der Waals surface area contributed by atoms with E-state index in [2.05, 4.69) is 27.8 Å². The average Bonchev–Trinajstić information content (AvgIpc) is 2.44. The minimum absolute atomic E-state index is 0.145. The van der Waals surface area contributed by atoms with Crippen molar-refractivity contribution < 1.29 is 4.79 Å². The SMILES string of the molecule is CNC(C)c1cccc(NC(=O)NC(C)CCN(C)C)c1. The summed E-state index contributed by atoms with van der Waals surface area (Å²) in [6.07, 6.45) is 0.928. The minimum Gasteiger partial charge on any atom is -0.335 e. The van der Waals surface area contributed by atoms with Crippen LogP contribution in [0.2, 0.25) is 0 Å². The molecule has 1 aromatic rings. The Morgan fingerprint density at radius 3 is 2.62 bits per heavy atom. The van der Waals surface area contributed by atoms with Gasteiger partial charge in [-0.1, -0.05) is 12.1 Å². The summed E-state index contributed by atoms with van der Waals surface area (Å²) in [5, 5.41) is 9.03. The van der Waals surface area contributed by atoms with Crippen LogP contribution in [0.15, 0.2) is 24.3 Å². The van der Waals surface area contributed by atoms with Gasteiger partial charge in [0.2, 0.25) is 0 Å². The predicted octanol–water partition coefficient (Wildman–Crippen LogP) is 2.43. The molecule has 5 nitrogen and oxygen atoms in total. The molecule has 2 unspecified atom stereocenters. The Labute approximate surface area is 128 Å². The van der Waals surface area contributed by atoms with Crippen molar-refractivity contribution in [3.05, 3.63) is 29.8 Å². The molecule has 21 heavy (non-hydrogen) atoms. The van der Waals surface area contributed by atoms with Gasteiger partial charge in [0.25, 0.3) is 0 Å². The maximum Gasteiger partial charge on any atom is 0.319 e. The van der Waals surface area contributed by atoms with Crippen molar-refractivity contribution in [1.29, 1.82) is 0 Å². The van der Waals surface area contributed by atoms with E-state index in [1.165, 1.54) is 0 Å². The molecule has 0 heterocycles. The monoisotopic (exact) mass is 292 g/mol. The normalized spacial score (nSPS) is 13.8. The first-order chi connectivity index (χ1) is 9.92. The molecular weight excluding hydrogens is 264 g/mol. The summed E-state index contributed by atoms with van der Waals surface area (Å²) in [7, 11) is 5.98. The number of urea groups is 1. The Kier molecular flexibility index (Phi) is 7.19. The molecule has 0 radical (unpaired) electrons. The van der Waals surface area contributed by atoms with Gasteiger partial charge < -0.3 is 20.9 Å². The van der Waals surface area contributed by atoms with E-state index in [0.29, 0.717) is 0 Å². The van der Waals surface area contributed by atoms with Crippen LogP contribution in [-0.4, -0.2) is 44.7 Å². The average molecular weight is 292 g/mol. The minimum atomic E-state index is -0.157. The van der Waals surface area contributed by atoms with Gasteiger partial charge in [-0.15, -0.1) is 0 Å². The first-order valence-electron chi connectivity index (χ1n) is 7.42. The molecule has 0 aliphatic heterocycles. The van der Waals surface area contributed by atoms with E-state index in [0.717, 1.165) is 24.2 Å². The van der Waals surface area contributed by atoms with Gasteiger partial charge in [-0.2, -0.15) is 0 Å². The Morgan fingerprint density at radius 1 is 1.29 bits per heavy atom. The van der Waals surface area contributed by atoms with Crippen LogP contribution in [0.4, 0.5) is 10.5 Å². The van der Waals surface area contributed by atoms with E-state index in [9.17, 15) is 4.79 Å². The second-order valence-electron chi connectivity index (χ2n) is 5.73. The molecule has 5 heteroatoms. The summed E-state index contributed by atoms with van der Waals surface area (Å²) < 4.78 is 0. The number of hydrogen-bond acceptors (Lipinski definition) is 3. The van der Waals surface area contributed by atoms with E-state index >= 15 is 0 Å². The number of anilines is 1. The lowest BCUT2D eigenvalue weighted by atomic mass is 10.1. The fourth-order valence-electron chi connectivity index (χ4n) is 1.97. The first-order valence-corrected chi connectivity index (χ1v) is 7.42. The molecule has 0 bridgehead atoms. The van der Waals surface area contributed by atoms with Gasteiger partial charge in [-0.25, -0.2) is 4.79 Å². The van der Waals surface area contributed by atoms with Crippen molar-refractivity contribution in [3.8, 4) is 0 Å². The van der Waals surface area contributed by atoms with Crippen LogP contribution in [0.3, 0.4) is 0 Å².